The third-order valence-corrected chi connectivity index (χ3v) is 2.93. The number of benzene rings is 1. The van der Waals surface area contributed by atoms with Crippen molar-refractivity contribution in [2.24, 2.45) is 5.73 Å². The fourth-order valence-corrected chi connectivity index (χ4v) is 2.04. The quantitative estimate of drug-likeness (QED) is 0.877. The number of carbonyl (C=O) groups is 1. The summed E-state index contributed by atoms with van der Waals surface area (Å²) in [6, 6.07) is 7.94. The van der Waals surface area contributed by atoms with Crippen LogP contribution < -0.4 is 10.6 Å². The molecule has 0 aromatic heterocycles. The summed E-state index contributed by atoms with van der Waals surface area (Å²) < 4.78 is 5.07. The molecule has 2 rings (SSSR count). The summed E-state index contributed by atoms with van der Waals surface area (Å²) in [7, 11) is 1.51. The molecule has 5 heteroatoms. The van der Waals surface area contributed by atoms with Gasteiger partial charge in [0.05, 0.1) is 0 Å². The molecule has 4 nitrogen and oxygen atoms in total. The minimum atomic E-state index is -0.536. The number of anilines is 1. The lowest BCUT2D eigenvalue weighted by Crippen LogP contribution is -2.43. The van der Waals surface area contributed by atoms with E-state index in [9.17, 15) is 4.79 Å². The summed E-state index contributed by atoms with van der Waals surface area (Å²) in [5.41, 5.74) is 7.70. The van der Waals surface area contributed by atoms with Crippen molar-refractivity contribution < 1.29 is 9.53 Å². The SMILES string of the molecule is COC(CN)C(=O)N1CCc2ccccc21.Cl. The Labute approximate surface area is 107 Å². The topological polar surface area (TPSA) is 55.6 Å². The Balaban J connectivity index is 0.00000144. The smallest absolute Gasteiger partial charge is 0.257 e. The Morgan fingerprint density at radius 3 is 2.88 bits per heavy atom. The van der Waals surface area contributed by atoms with Gasteiger partial charge in [-0.05, 0) is 18.1 Å². The van der Waals surface area contributed by atoms with Crippen LogP contribution in [0.15, 0.2) is 24.3 Å². The predicted octanol–water partition coefficient (Wildman–Crippen LogP) is 0.971. The second-order valence-electron chi connectivity index (χ2n) is 3.83. The van der Waals surface area contributed by atoms with E-state index < -0.39 is 6.10 Å². The normalized spacial score (nSPS) is 15.1. The van der Waals surface area contributed by atoms with Crippen LogP contribution in [-0.4, -0.2) is 32.2 Å². The highest BCUT2D eigenvalue weighted by molar-refractivity contribution is 5.98. The van der Waals surface area contributed by atoms with Gasteiger partial charge in [-0.3, -0.25) is 4.79 Å². The Bertz CT molecular complexity index is 394. The van der Waals surface area contributed by atoms with Gasteiger partial charge in [0, 0.05) is 25.9 Å². The maximum Gasteiger partial charge on any atom is 0.257 e. The number of methoxy groups -OCH3 is 1. The molecule has 1 aromatic carbocycles. The summed E-state index contributed by atoms with van der Waals surface area (Å²) in [6.07, 6.45) is 0.370. The van der Waals surface area contributed by atoms with Crippen LogP contribution in [0.5, 0.6) is 0 Å². The van der Waals surface area contributed by atoms with Crippen molar-refractivity contribution in [2.45, 2.75) is 12.5 Å². The van der Waals surface area contributed by atoms with Crippen molar-refractivity contribution in [2.75, 3.05) is 25.1 Å². The molecule has 0 fully saturated rings. The van der Waals surface area contributed by atoms with Gasteiger partial charge in [0.2, 0.25) is 0 Å². The first kappa shape index (κ1) is 14.0. The summed E-state index contributed by atoms with van der Waals surface area (Å²) in [4.78, 5) is 13.9. The lowest BCUT2D eigenvalue weighted by Gasteiger charge is -2.22. The predicted molar refractivity (Wildman–Crippen MR) is 69.6 cm³/mol. The van der Waals surface area contributed by atoms with E-state index in [1.807, 2.05) is 24.3 Å². The number of para-hydroxylation sites is 1. The maximum atomic E-state index is 12.1. The minimum absolute atomic E-state index is 0. The molecule has 0 saturated heterocycles. The number of rotatable bonds is 3. The Hall–Kier alpha value is -1.10. The number of fused-ring (bicyclic) bond motifs is 1. The van der Waals surface area contributed by atoms with Gasteiger partial charge in [0.15, 0.2) is 0 Å². The van der Waals surface area contributed by atoms with Crippen molar-refractivity contribution in [3.8, 4) is 0 Å². The third kappa shape index (κ3) is 2.60. The highest BCUT2D eigenvalue weighted by Gasteiger charge is 2.28. The van der Waals surface area contributed by atoms with Crippen molar-refractivity contribution in [1.82, 2.24) is 0 Å². The summed E-state index contributed by atoms with van der Waals surface area (Å²) >= 11 is 0. The molecule has 1 aliphatic heterocycles. The molecule has 17 heavy (non-hydrogen) atoms. The van der Waals surface area contributed by atoms with Crippen molar-refractivity contribution in [3.63, 3.8) is 0 Å². The second-order valence-corrected chi connectivity index (χ2v) is 3.83. The van der Waals surface area contributed by atoms with E-state index in [4.69, 9.17) is 10.5 Å². The summed E-state index contributed by atoms with van der Waals surface area (Å²) in [6.45, 7) is 0.937. The zero-order chi connectivity index (χ0) is 11.5. The van der Waals surface area contributed by atoms with Gasteiger partial charge in [-0.25, -0.2) is 0 Å². The van der Waals surface area contributed by atoms with Gasteiger partial charge in [0.1, 0.15) is 6.10 Å². The number of halogens is 1. The number of hydrogen-bond acceptors (Lipinski definition) is 3. The Kier molecular flexibility index (Phi) is 4.93. The van der Waals surface area contributed by atoms with Gasteiger partial charge in [-0.1, -0.05) is 18.2 Å². The van der Waals surface area contributed by atoms with Crippen molar-refractivity contribution >= 4 is 24.0 Å². The Morgan fingerprint density at radius 2 is 2.24 bits per heavy atom. The third-order valence-electron chi connectivity index (χ3n) is 2.93. The van der Waals surface area contributed by atoms with Crippen LogP contribution in [0.3, 0.4) is 0 Å². The molecule has 1 heterocycles. The molecular formula is C12H17ClN2O2. The first-order chi connectivity index (χ1) is 7.77. The zero-order valence-electron chi connectivity index (χ0n) is 9.76. The van der Waals surface area contributed by atoms with E-state index in [1.165, 1.54) is 12.7 Å². The van der Waals surface area contributed by atoms with E-state index in [0.717, 1.165) is 18.7 Å². The van der Waals surface area contributed by atoms with Crippen LogP contribution in [0.2, 0.25) is 0 Å². The standard InChI is InChI=1S/C12H16N2O2.ClH/c1-16-11(8-13)12(15)14-7-6-9-4-2-3-5-10(9)14;/h2-5,11H,6-8,13H2,1H3;1H. The number of carbonyl (C=O) groups excluding carboxylic acids is 1. The van der Waals surface area contributed by atoms with Crippen molar-refractivity contribution in [1.29, 1.82) is 0 Å². The largest absolute Gasteiger partial charge is 0.370 e. The van der Waals surface area contributed by atoms with Crippen LogP contribution in [0.25, 0.3) is 0 Å². The number of nitrogens with zero attached hydrogens (tertiary/aromatic N) is 1. The van der Waals surface area contributed by atoms with Crippen molar-refractivity contribution in [3.05, 3.63) is 29.8 Å². The molecule has 1 atom stereocenters. The summed E-state index contributed by atoms with van der Waals surface area (Å²) in [5, 5.41) is 0. The van der Waals surface area contributed by atoms with E-state index >= 15 is 0 Å². The molecule has 1 aliphatic rings. The molecule has 2 N–H and O–H groups in total. The highest BCUT2D eigenvalue weighted by Crippen LogP contribution is 2.27. The first-order valence-electron chi connectivity index (χ1n) is 5.40. The van der Waals surface area contributed by atoms with Gasteiger partial charge in [-0.2, -0.15) is 0 Å². The highest BCUT2D eigenvalue weighted by atomic mass is 35.5. The molecule has 0 saturated carbocycles. The molecule has 0 spiro atoms. The van der Waals surface area contributed by atoms with Gasteiger partial charge < -0.3 is 15.4 Å². The number of hydrogen-bond donors (Lipinski definition) is 1. The van der Waals surface area contributed by atoms with Gasteiger partial charge in [0.25, 0.3) is 5.91 Å². The molecule has 1 unspecified atom stereocenters. The monoisotopic (exact) mass is 256 g/mol. The fourth-order valence-electron chi connectivity index (χ4n) is 2.04. The Morgan fingerprint density at radius 1 is 1.53 bits per heavy atom. The molecule has 94 valence electrons. The van der Waals surface area contributed by atoms with E-state index in [2.05, 4.69) is 0 Å². The lowest BCUT2D eigenvalue weighted by atomic mass is 10.2. The molecule has 1 aromatic rings. The maximum absolute atomic E-state index is 12.1. The second kappa shape index (κ2) is 6.00. The first-order valence-corrected chi connectivity index (χ1v) is 5.40. The minimum Gasteiger partial charge on any atom is -0.370 e. The fraction of sp³-hybridized carbons (Fsp3) is 0.417. The van der Waals surface area contributed by atoms with E-state index in [0.29, 0.717) is 0 Å². The number of amides is 1. The van der Waals surface area contributed by atoms with E-state index in [1.54, 1.807) is 4.90 Å². The molecule has 0 radical (unpaired) electrons. The molecule has 0 aliphatic carbocycles. The van der Waals surface area contributed by atoms with Gasteiger partial charge >= 0.3 is 0 Å². The average Bonchev–Trinajstić information content (AvgIpc) is 2.74. The van der Waals surface area contributed by atoms with Crippen LogP contribution in [0.4, 0.5) is 5.69 Å². The average molecular weight is 257 g/mol. The number of ether oxygens (including phenoxy) is 1. The van der Waals surface area contributed by atoms with Crippen LogP contribution >= 0.6 is 12.4 Å². The van der Waals surface area contributed by atoms with Gasteiger partial charge in [-0.15, -0.1) is 12.4 Å². The molecular weight excluding hydrogens is 240 g/mol. The van der Waals surface area contributed by atoms with Crippen LogP contribution in [0, 0.1) is 0 Å². The molecule has 0 bridgehead atoms. The lowest BCUT2D eigenvalue weighted by molar-refractivity contribution is -0.127. The van der Waals surface area contributed by atoms with Crippen LogP contribution in [-0.2, 0) is 16.0 Å². The zero-order valence-corrected chi connectivity index (χ0v) is 10.6. The van der Waals surface area contributed by atoms with Crippen LogP contribution in [0.1, 0.15) is 5.56 Å². The van der Waals surface area contributed by atoms with E-state index in [-0.39, 0.29) is 24.9 Å². The number of nitrogens with two attached hydrogens (primary N) is 1. The summed E-state index contributed by atoms with van der Waals surface area (Å²) in [5.74, 6) is -0.0463. The molecule has 1 amide bonds.